The minimum absolute atomic E-state index is 0.165. The quantitative estimate of drug-likeness (QED) is 0.357. The smallest absolute Gasteiger partial charge is 0.269 e. The zero-order valence-corrected chi connectivity index (χ0v) is 8.11. The number of rotatable bonds is 2. The van der Waals surface area contributed by atoms with Gasteiger partial charge in [-0.3, -0.25) is 10.2 Å². The van der Waals surface area contributed by atoms with Crippen molar-refractivity contribution in [2.24, 2.45) is 0 Å². The Morgan fingerprint density at radius 1 is 1.50 bits per heavy atom. The summed E-state index contributed by atoms with van der Waals surface area (Å²) < 4.78 is 0. The molecule has 0 saturated heterocycles. The van der Waals surface area contributed by atoms with E-state index in [1.807, 2.05) is 0 Å². The summed E-state index contributed by atoms with van der Waals surface area (Å²) in [4.78, 5) is 11.5. The van der Waals surface area contributed by atoms with Gasteiger partial charge in [-0.1, -0.05) is 6.07 Å². The van der Waals surface area contributed by atoms with Crippen molar-refractivity contribution in [3.63, 3.8) is 0 Å². The first kappa shape index (κ1) is 10.3. The molecule has 76 valence electrons. The molecule has 1 amide bonds. The number of phenolic OH excluding ortho intramolecular Hbond substituents is 1. The first-order valence-corrected chi connectivity index (χ1v) is 4.08. The molecule has 0 aromatic heterocycles. The molecule has 1 aromatic carbocycles. The maximum Gasteiger partial charge on any atom is 0.269 e. The predicted octanol–water partition coefficient (Wildman–Crippen LogP) is 0.181. The summed E-state index contributed by atoms with van der Waals surface area (Å²) in [6, 6.07) is 4.64. The zero-order valence-electron chi connectivity index (χ0n) is 8.11. The number of hydrogen-bond donors (Lipinski definition) is 3. The van der Waals surface area contributed by atoms with Crippen LogP contribution in [-0.2, 0) is 0 Å². The van der Waals surface area contributed by atoms with Gasteiger partial charge in [0.2, 0.25) is 0 Å². The van der Waals surface area contributed by atoms with E-state index in [1.54, 1.807) is 20.2 Å². The van der Waals surface area contributed by atoms with Crippen LogP contribution in [0.2, 0.25) is 0 Å². The molecule has 1 rings (SSSR count). The summed E-state index contributed by atoms with van der Waals surface area (Å²) in [6.07, 6.45) is 0. The average molecular weight is 195 g/mol. The third kappa shape index (κ3) is 2.14. The van der Waals surface area contributed by atoms with Crippen molar-refractivity contribution in [2.75, 3.05) is 19.8 Å². The maximum absolute atomic E-state index is 11.5. The van der Waals surface area contributed by atoms with Gasteiger partial charge in [-0.15, -0.1) is 0 Å². The lowest BCUT2D eigenvalue weighted by Crippen LogP contribution is -2.36. The van der Waals surface area contributed by atoms with E-state index < -0.39 is 0 Å². The van der Waals surface area contributed by atoms with Gasteiger partial charge in [0, 0.05) is 14.1 Å². The van der Waals surface area contributed by atoms with E-state index in [0.29, 0.717) is 0 Å². The molecular formula is C9H13N3O2. The van der Waals surface area contributed by atoms with Crippen LogP contribution < -0.4 is 11.2 Å². The van der Waals surface area contributed by atoms with Crippen molar-refractivity contribution >= 4 is 11.6 Å². The molecule has 1 aromatic rings. The molecule has 0 aliphatic carbocycles. The minimum atomic E-state index is -0.389. The van der Waals surface area contributed by atoms with Gasteiger partial charge in [0.25, 0.3) is 5.91 Å². The monoisotopic (exact) mass is 195 g/mol. The SMILES string of the molecule is CN(C)NC(=O)c1cccc(N)c1O. The fourth-order valence-electron chi connectivity index (χ4n) is 1.01. The first-order valence-electron chi connectivity index (χ1n) is 4.08. The number of nitrogens with one attached hydrogen (secondary N) is 1. The highest BCUT2D eigenvalue weighted by Gasteiger charge is 2.12. The van der Waals surface area contributed by atoms with E-state index in [1.165, 1.54) is 17.1 Å². The molecule has 14 heavy (non-hydrogen) atoms. The third-order valence-corrected chi connectivity index (χ3v) is 1.64. The second kappa shape index (κ2) is 3.97. The number of nitrogens with zero attached hydrogens (tertiary/aromatic N) is 1. The molecule has 0 radical (unpaired) electrons. The highest BCUT2D eigenvalue weighted by Crippen LogP contribution is 2.23. The second-order valence-corrected chi connectivity index (χ2v) is 3.08. The molecule has 0 bridgehead atoms. The number of para-hydroxylation sites is 1. The van der Waals surface area contributed by atoms with E-state index in [0.717, 1.165) is 0 Å². The first-order chi connectivity index (χ1) is 6.52. The lowest BCUT2D eigenvalue weighted by molar-refractivity contribution is 0.0854. The number of anilines is 1. The van der Waals surface area contributed by atoms with E-state index in [-0.39, 0.29) is 22.9 Å². The summed E-state index contributed by atoms with van der Waals surface area (Å²) in [5.74, 6) is -0.577. The summed E-state index contributed by atoms with van der Waals surface area (Å²) >= 11 is 0. The minimum Gasteiger partial charge on any atom is -0.505 e. The standard InChI is InChI=1S/C9H13N3O2/c1-12(2)11-9(14)6-4-3-5-7(10)8(6)13/h3-5,13H,10H2,1-2H3,(H,11,14). The van der Waals surface area contributed by atoms with Crippen LogP contribution in [0.4, 0.5) is 5.69 Å². The molecular weight excluding hydrogens is 182 g/mol. The molecule has 5 heteroatoms. The van der Waals surface area contributed by atoms with Crippen LogP contribution >= 0.6 is 0 Å². The lowest BCUT2D eigenvalue weighted by atomic mass is 10.1. The van der Waals surface area contributed by atoms with Crippen LogP contribution in [0.15, 0.2) is 18.2 Å². The third-order valence-electron chi connectivity index (χ3n) is 1.64. The van der Waals surface area contributed by atoms with E-state index >= 15 is 0 Å². The van der Waals surface area contributed by atoms with Gasteiger partial charge in [0.1, 0.15) is 0 Å². The summed E-state index contributed by atoms with van der Waals surface area (Å²) in [5.41, 5.74) is 8.31. The maximum atomic E-state index is 11.5. The number of nitrogen functional groups attached to an aromatic ring is 1. The number of amides is 1. The van der Waals surface area contributed by atoms with E-state index in [9.17, 15) is 9.90 Å². The normalized spacial score (nSPS) is 10.2. The van der Waals surface area contributed by atoms with Crippen LogP contribution in [0.25, 0.3) is 0 Å². The summed E-state index contributed by atoms with van der Waals surface area (Å²) in [6.45, 7) is 0. The lowest BCUT2D eigenvalue weighted by Gasteiger charge is -2.12. The van der Waals surface area contributed by atoms with Crippen molar-refractivity contribution < 1.29 is 9.90 Å². The summed E-state index contributed by atoms with van der Waals surface area (Å²) in [5, 5.41) is 11.0. The molecule has 0 atom stereocenters. The van der Waals surface area contributed by atoms with Crippen molar-refractivity contribution in [1.82, 2.24) is 10.4 Å². The molecule has 5 nitrogen and oxygen atoms in total. The van der Waals surface area contributed by atoms with Crippen LogP contribution in [0.5, 0.6) is 5.75 Å². The Balaban J connectivity index is 2.96. The van der Waals surface area contributed by atoms with E-state index in [2.05, 4.69) is 5.43 Å². The number of carbonyl (C=O) groups excluding carboxylic acids is 1. The molecule has 0 unspecified atom stereocenters. The van der Waals surface area contributed by atoms with Crippen molar-refractivity contribution in [2.45, 2.75) is 0 Å². The number of carbonyl (C=O) groups is 1. The molecule has 4 N–H and O–H groups in total. The van der Waals surface area contributed by atoms with Gasteiger partial charge in [0.15, 0.2) is 5.75 Å². The van der Waals surface area contributed by atoms with Gasteiger partial charge in [-0.2, -0.15) is 0 Å². The Bertz CT molecular complexity index is 350. The fraction of sp³-hybridized carbons (Fsp3) is 0.222. The van der Waals surface area contributed by atoms with Gasteiger partial charge in [0.05, 0.1) is 11.3 Å². The van der Waals surface area contributed by atoms with Gasteiger partial charge in [-0.25, -0.2) is 5.01 Å². The van der Waals surface area contributed by atoms with Gasteiger partial charge >= 0.3 is 0 Å². The zero-order chi connectivity index (χ0) is 10.7. The van der Waals surface area contributed by atoms with Crippen LogP contribution in [0.1, 0.15) is 10.4 Å². The number of aromatic hydroxyl groups is 1. The highest BCUT2D eigenvalue weighted by molar-refractivity contribution is 5.98. The van der Waals surface area contributed by atoms with Crippen molar-refractivity contribution in [3.8, 4) is 5.75 Å². The van der Waals surface area contributed by atoms with Crippen LogP contribution in [-0.4, -0.2) is 30.1 Å². The molecule has 0 saturated carbocycles. The number of hydrogen-bond acceptors (Lipinski definition) is 4. The van der Waals surface area contributed by atoms with Crippen LogP contribution in [0, 0.1) is 0 Å². The molecule has 0 spiro atoms. The second-order valence-electron chi connectivity index (χ2n) is 3.08. The number of nitrogens with two attached hydrogens (primary N) is 1. The largest absolute Gasteiger partial charge is 0.505 e. The Hall–Kier alpha value is -1.75. The Kier molecular flexibility index (Phi) is 2.93. The molecule has 0 aliphatic heterocycles. The highest BCUT2D eigenvalue weighted by atomic mass is 16.3. The fourth-order valence-corrected chi connectivity index (χ4v) is 1.01. The average Bonchev–Trinajstić information content (AvgIpc) is 2.08. The summed E-state index contributed by atoms with van der Waals surface area (Å²) in [7, 11) is 3.36. The molecule has 0 fully saturated rings. The van der Waals surface area contributed by atoms with Crippen molar-refractivity contribution in [1.29, 1.82) is 0 Å². The topological polar surface area (TPSA) is 78.6 Å². The Morgan fingerprint density at radius 2 is 2.14 bits per heavy atom. The Morgan fingerprint density at radius 3 is 2.71 bits per heavy atom. The van der Waals surface area contributed by atoms with Crippen molar-refractivity contribution in [3.05, 3.63) is 23.8 Å². The Labute approximate surface area is 82.1 Å². The van der Waals surface area contributed by atoms with Gasteiger partial charge in [-0.05, 0) is 12.1 Å². The molecule has 0 heterocycles. The number of benzene rings is 1. The van der Waals surface area contributed by atoms with Crippen LogP contribution in [0.3, 0.4) is 0 Å². The molecule has 0 aliphatic rings. The number of phenols is 1. The van der Waals surface area contributed by atoms with Gasteiger partial charge < -0.3 is 10.8 Å². The van der Waals surface area contributed by atoms with E-state index in [4.69, 9.17) is 5.73 Å². The predicted molar refractivity (Wildman–Crippen MR) is 53.7 cm³/mol. The number of hydrazine groups is 1.